The Morgan fingerprint density at radius 2 is 1.78 bits per heavy atom. The van der Waals surface area contributed by atoms with Crippen LogP contribution in [0.5, 0.6) is 0 Å². The lowest BCUT2D eigenvalue weighted by Gasteiger charge is -2.11. The maximum atomic E-state index is 4.95. The number of tetrazole rings is 1. The van der Waals surface area contributed by atoms with Crippen LogP contribution in [-0.2, 0) is 13.0 Å². The van der Waals surface area contributed by atoms with Gasteiger partial charge < -0.3 is 4.57 Å². The van der Waals surface area contributed by atoms with E-state index in [2.05, 4.69) is 94.3 Å². The average molecular weight is 572 g/mol. The van der Waals surface area contributed by atoms with E-state index in [1.165, 1.54) is 11.1 Å². The second-order valence-electron chi connectivity index (χ2n) is 7.56. The number of aryl methyl sites for hydroxylation is 1. The van der Waals surface area contributed by atoms with Crippen LogP contribution in [0.15, 0.2) is 56.1 Å². The van der Waals surface area contributed by atoms with Crippen LogP contribution in [0.4, 0.5) is 0 Å². The molecular weight excluding hydrogens is 552 g/mol. The Bertz CT molecular complexity index is 1360. The molecule has 5 aromatic rings. The Labute approximate surface area is 206 Å². The van der Waals surface area contributed by atoms with Crippen LogP contribution in [0.2, 0.25) is 0 Å². The molecule has 162 valence electrons. The number of halogens is 2. The number of nitrogens with one attached hydrogen (secondary N) is 1. The van der Waals surface area contributed by atoms with Crippen molar-refractivity contribution in [2.45, 2.75) is 32.7 Å². The van der Waals surface area contributed by atoms with Crippen molar-refractivity contribution in [2.75, 3.05) is 0 Å². The zero-order chi connectivity index (χ0) is 22.1. The standard InChI is InChI=1S/C23H20Br2N6S/c1-2-3-8-18-26-19-20(22(25)32-21(19)24)31(18)13-14-9-11-15(12-10-14)16-6-4-5-7-17(16)23-27-29-30-28-23/h4-7,9-12H,2-3,8,13H2,1H3,(H,27,28,29,30). The van der Waals surface area contributed by atoms with Crippen molar-refractivity contribution in [2.24, 2.45) is 0 Å². The number of fused-ring (bicyclic) bond motifs is 1. The van der Waals surface area contributed by atoms with Gasteiger partial charge in [-0.15, -0.1) is 16.4 Å². The summed E-state index contributed by atoms with van der Waals surface area (Å²) in [5.41, 5.74) is 6.65. The molecule has 0 aliphatic heterocycles. The fourth-order valence-electron chi connectivity index (χ4n) is 3.89. The van der Waals surface area contributed by atoms with Gasteiger partial charge in [-0.05, 0) is 65.4 Å². The van der Waals surface area contributed by atoms with E-state index in [0.29, 0.717) is 5.82 Å². The fourth-order valence-corrected chi connectivity index (χ4v) is 6.89. The molecule has 0 saturated heterocycles. The van der Waals surface area contributed by atoms with Gasteiger partial charge in [-0.25, -0.2) is 10.1 Å². The number of H-pyrrole nitrogens is 1. The first-order valence-corrected chi connectivity index (χ1v) is 12.8. The van der Waals surface area contributed by atoms with Gasteiger partial charge in [0.15, 0.2) is 5.82 Å². The number of unbranched alkanes of at least 4 members (excludes halogenated alkanes) is 1. The average Bonchev–Trinajstić information content (AvgIpc) is 3.52. The maximum absolute atomic E-state index is 4.95. The van der Waals surface area contributed by atoms with Gasteiger partial charge in [0.25, 0.3) is 0 Å². The van der Waals surface area contributed by atoms with Gasteiger partial charge in [0.2, 0.25) is 0 Å². The Hall–Kier alpha value is -2.36. The van der Waals surface area contributed by atoms with Gasteiger partial charge in [-0.2, -0.15) is 0 Å². The van der Waals surface area contributed by atoms with Crippen LogP contribution in [0.1, 0.15) is 31.2 Å². The number of rotatable bonds is 7. The Balaban J connectivity index is 1.49. The Morgan fingerprint density at radius 3 is 2.50 bits per heavy atom. The minimum Gasteiger partial charge on any atom is -0.322 e. The van der Waals surface area contributed by atoms with Crippen molar-refractivity contribution in [1.82, 2.24) is 30.2 Å². The van der Waals surface area contributed by atoms with E-state index < -0.39 is 0 Å². The quantitative estimate of drug-likeness (QED) is 0.231. The highest BCUT2D eigenvalue weighted by atomic mass is 79.9. The zero-order valence-corrected chi connectivity index (χ0v) is 21.3. The molecule has 0 spiro atoms. The highest BCUT2D eigenvalue weighted by molar-refractivity contribution is 9.12. The van der Waals surface area contributed by atoms with Crippen molar-refractivity contribution in [3.8, 4) is 22.5 Å². The molecule has 5 rings (SSSR count). The monoisotopic (exact) mass is 570 g/mol. The second kappa shape index (κ2) is 9.25. The number of aromatic amines is 1. The first kappa shape index (κ1) is 21.5. The van der Waals surface area contributed by atoms with Crippen LogP contribution in [0.25, 0.3) is 33.5 Å². The molecule has 3 aromatic heterocycles. The molecule has 6 nitrogen and oxygen atoms in total. The first-order valence-electron chi connectivity index (χ1n) is 10.4. The molecule has 0 fully saturated rings. The molecular formula is C23H20Br2N6S. The summed E-state index contributed by atoms with van der Waals surface area (Å²) in [5.74, 6) is 1.80. The third kappa shape index (κ3) is 4.04. The summed E-state index contributed by atoms with van der Waals surface area (Å²) in [6.07, 6.45) is 3.26. The largest absolute Gasteiger partial charge is 0.322 e. The summed E-state index contributed by atoms with van der Waals surface area (Å²) in [6.45, 7) is 3.00. The molecule has 0 saturated carbocycles. The van der Waals surface area contributed by atoms with Crippen LogP contribution < -0.4 is 0 Å². The molecule has 0 aliphatic carbocycles. The van der Waals surface area contributed by atoms with Gasteiger partial charge in [0, 0.05) is 18.5 Å². The van der Waals surface area contributed by atoms with Gasteiger partial charge in [-0.3, -0.25) is 0 Å². The third-order valence-corrected chi connectivity index (χ3v) is 7.95. The number of benzene rings is 2. The molecule has 1 N–H and O–H groups in total. The highest BCUT2D eigenvalue weighted by Gasteiger charge is 2.19. The SMILES string of the molecule is CCCCc1nc2c(Br)sc(Br)c2n1Cc1ccc(-c2ccccc2-c2nnn[nH]2)cc1. The summed E-state index contributed by atoms with van der Waals surface area (Å²) in [5, 5.41) is 14.4. The van der Waals surface area contributed by atoms with Crippen molar-refractivity contribution in [3.05, 3.63) is 67.5 Å². The minimum atomic E-state index is 0.666. The van der Waals surface area contributed by atoms with E-state index >= 15 is 0 Å². The van der Waals surface area contributed by atoms with Crippen molar-refractivity contribution in [3.63, 3.8) is 0 Å². The smallest absolute Gasteiger partial charge is 0.180 e. The van der Waals surface area contributed by atoms with Crippen LogP contribution in [0, 0.1) is 0 Å². The molecule has 0 atom stereocenters. The van der Waals surface area contributed by atoms with E-state index in [9.17, 15) is 0 Å². The van der Waals surface area contributed by atoms with Gasteiger partial charge >= 0.3 is 0 Å². The number of aromatic nitrogens is 6. The number of hydrogen-bond donors (Lipinski definition) is 1. The Kier molecular flexibility index (Phi) is 6.21. The predicted octanol–water partition coefficient (Wildman–Crippen LogP) is 6.86. The second-order valence-corrected chi connectivity index (χ2v) is 11.2. The topological polar surface area (TPSA) is 72.3 Å². The molecule has 0 radical (unpaired) electrons. The third-order valence-electron chi connectivity index (χ3n) is 5.49. The lowest BCUT2D eigenvalue weighted by molar-refractivity contribution is 0.689. The van der Waals surface area contributed by atoms with E-state index in [4.69, 9.17) is 4.98 Å². The van der Waals surface area contributed by atoms with Crippen molar-refractivity contribution < 1.29 is 0 Å². The van der Waals surface area contributed by atoms with E-state index in [0.717, 1.165) is 61.4 Å². The number of thiophene rings is 1. The summed E-state index contributed by atoms with van der Waals surface area (Å²) < 4.78 is 4.53. The summed E-state index contributed by atoms with van der Waals surface area (Å²) in [4.78, 5) is 4.95. The number of imidazole rings is 1. The molecule has 0 amide bonds. The molecule has 0 bridgehead atoms. The van der Waals surface area contributed by atoms with E-state index in [1.807, 2.05) is 18.2 Å². The Morgan fingerprint density at radius 1 is 1.00 bits per heavy atom. The van der Waals surface area contributed by atoms with E-state index in [1.54, 1.807) is 11.3 Å². The number of hydrogen-bond acceptors (Lipinski definition) is 5. The van der Waals surface area contributed by atoms with Crippen LogP contribution in [-0.4, -0.2) is 30.2 Å². The van der Waals surface area contributed by atoms with E-state index in [-0.39, 0.29) is 0 Å². The van der Waals surface area contributed by atoms with Crippen molar-refractivity contribution in [1.29, 1.82) is 0 Å². The lowest BCUT2D eigenvalue weighted by atomic mass is 9.98. The summed E-state index contributed by atoms with van der Waals surface area (Å²) in [6, 6.07) is 16.9. The normalized spacial score (nSPS) is 11.5. The molecule has 3 heterocycles. The zero-order valence-electron chi connectivity index (χ0n) is 17.3. The van der Waals surface area contributed by atoms with Gasteiger partial charge in [0.1, 0.15) is 11.3 Å². The molecule has 2 aromatic carbocycles. The van der Waals surface area contributed by atoms with Crippen LogP contribution >= 0.6 is 43.2 Å². The summed E-state index contributed by atoms with van der Waals surface area (Å²) >= 11 is 9.09. The first-order chi connectivity index (χ1) is 15.7. The molecule has 9 heteroatoms. The van der Waals surface area contributed by atoms with Gasteiger partial charge in [0.05, 0.1) is 13.1 Å². The van der Waals surface area contributed by atoms with Crippen molar-refractivity contribution >= 4 is 54.2 Å². The maximum Gasteiger partial charge on any atom is 0.180 e. The van der Waals surface area contributed by atoms with Gasteiger partial charge in [-0.1, -0.05) is 61.9 Å². The summed E-state index contributed by atoms with van der Waals surface area (Å²) in [7, 11) is 0. The highest BCUT2D eigenvalue weighted by Crippen LogP contribution is 2.40. The fraction of sp³-hybridized carbons (Fsp3) is 0.217. The molecule has 0 unspecified atom stereocenters. The lowest BCUT2D eigenvalue weighted by Crippen LogP contribution is -2.05. The molecule has 0 aliphatic rings. The number of nitrogens with zero attached hydrogens (tertiary/aromatic N) is 5. The minimum absolute atomic E-state index is 0.666. The predicted molar refractivity (Wildman–Crippen MR) is 136 cm³/mol. The van der Waals surface area contributed by atoms with Crippen LogP contribution in [0.3, 0.4) is 0 Å². The molecule has 32 heavy (non-hydrogen) atoms.